The van der Waals surface area contributed by atoms with Crippen molar-refractivity contribution in [1.29, 1.82) is 0 Å². The standard InChI is InChI=1S/C13H14F3NO3/c1-3-10(12(19)20)17(2)11(18)8-5-4-6-9(7-8)13(14,15)16/h4-7,10H,3H2,1-2H3,(H,19,20). The maximum Gasteiger partial charge on any atom is 0.416 e. The van der Waals surface area contributed by atoms with Gasteiger partial charge in [0.1, 0.15) is 6.04 Å². The van der Waals surface area contributed by atoms with Gasteiger partial charge in [-0.3, -0.25) is 4.79 Å². The Morgan fingerprint density at radius 3 is 2.40 bits per heavy atom. The minimum atomic E-state index is -4.55. The predicted octanol–water partition coefficient (Wildman–Crippen LogP) is 2.64. The van der Waals surface area contributed by atoms with Crippen LogP contribution in [0.5, 0.6) is 0 Å². The summed E-state index contributed by atoms with van der Waals surface area (Å²) in [6.45, 7) is 1.58. The van der Waals surface area contributed by atoms with Gasteiger partial charge in [-0.1, -0.05) is 13.0 Å². The third-order valence-corrected chi connectivity index (χ3v) is 2.90. The van der Waals surface area contributed by atoms with Gasteiger partial charge in [0.2, 0.25) is 0 Å². The van der Waals surface area contributed by atoms with Crippen LogP contribution in [0.2, 0.25) is 0 Å². The fourth-order valence-electron chi connectivity index (χ4n) is 1.79. The second-order valence-corrected chi connectivity index (χ2v) is 4.26. The topological polar surface area (TPSA) is 57.6 Å². The minimum absolute atomic E-state index is 0.163. The summed E-state index contributed by atoms with van der Waals surface area (Å²) in [5.41, 5.74) is -1.14. The monoisotopic (exact) mass is 289 g/mol. The lowest BCUT2D eigenvalue weighted by Crippen LogP contribution is -2.42. The van der Waals surface area contributed by atoms with Crippen molar-refractivity contribution in [3.05, 3.63) is 35.4 Å². The molecule has 0 fully saturated rings. The molecule has 1 amide bonds. The van der Waals surface area contributed by atoms with Crippen molar-refractivity contribution in [3.8, 4) is 0 Å². The summed E-state index contributed by atoms with van der Waals surface area (Å²) in [6.07, 6.45) is -4.39. The molecule has 1 N–H and O–H groups in total. The number of nitrogens with zero attached hydrogens (tertiary/aromatic N) is 1. The number of carbonyl (C=O) groups excluding carboxylic acids is 1. The maximum absolute atomic E-state index is 12.6. The van der Waals surface area contributed by atoms with Crippen LogP contribution in [0.1, 0.15) is 29.3 Å². The molecule has 1 aromatic rings. The molecule has 1 aromatic carbocycles. The highest BCUT2D eigenvalue weighted by molar-refractivity contribution is 5.96. The lowest BCUT2D eigenvalue weighted by Gasteiger charge is -2.24. The van der Waals surface area contributed by atoms with E-state index >= 15 is 0 Å². The van der Waals surface area contributed by atoms with Gasteiger partial charge < -0.3 is 10.0 Å². The van der Waals surface area contributed by atoms with Crippen LogP contribution in [0.25, 0.3) is 0 Å². The molecule has 1 unspecified atom stereocenters. The smallest absolute Gasteiger partial charge is 0.416 e. The number of hydrogen-bond donors (Lipinski definition) is 1. The van der Waals surface area contributed by atoms with E-state index in [4.69, 9.17) is 5.11 Å². The van der Waals surface area contributed by atoms with Gasteiger partial charge in [0.15, 0.2) is 0 Å². The van der Waals surface area contributed by atoms with Gasteiger partial charge >= 0.3 is 12.1 Å². The molecule has 4 nitrogen and oxygen atoms in total. The largest absolute Gasteiger partial charge is 0.480 e. The molecule has 0 aliphatic rings. The van der Waals surface area contributed by atoms with Gasteiger partial charge in [-0.15, -0.1) is 0 Å². The number of aliphatic carboxylic acids is 1. The SMILES string of the molecule is CCC(C(=O)O)N(C)C(=O)c1cccc(C(F)(F)F)c1. The Balaban J connectivity index is 3.06. The Labute approximate surface area is 113 Å². The van der Waals surface area contributed by atoms with E-state index in [2.05, 4.69) is 0 Å². The Kier molecular flexibility index (Phi) is 4.75. The van der Waals surface area contributed by atoms with Gasteiger partial charge in [0, 0.05) is 12.6 Å². The average molecular weight is 289 g/mol. The van der Waals surface area contributed by atoms with E-state index in [1.807, 2.05) is 0 Å². The summed E-state index contributed by atoms with van der Waals surface area (Å²) in [4.78, 5) is 23.9. The number of carbonyl (C=O) groups is 2. The molecule has 7 heteroatoms. The number of hydrogen-bond acceptors (Lipinski definition) is 2. The second-order valence-electron chi connectivity index (χ2n) is 4.26. The molecule has 0 heterocycles. The second kappa shape index (κ2) is 5.94. The Bertz CT molecular complexity index is 514. The van der Waals surface area contributed by atoms with Crippen LogP contribution in [0, 0.1) is 0 Å². The minimum Gasteiger partial charge on any atom is -0.480 e. The first-order valence-corrected chi connectivity index (χ1v) is 5.85. The van der Waals surface area contributed by atoms with Crippen LogP contribution in [0.4, 0.5) is 13.2 Å². The molecule has 0 aliphatic heterocycles. The first-order valence-electron chi connectivity index (χ1n) is 5.85. The van der Waals surface area contributed by atoms with Crippen LogP contribution in [0.15, 0.2) is 24.3 Å². The lowest BCUT2D eigenvalue weighted by molar-refractivity contribution is -0.142. The van der Waals surface area contributed by atoms with E-state index in [9.17, 15) is 22.8 Å². The predicted molar refractivity (Wildman–Crippen MR) is 65.3 cm³/mol. The molecule has 0 saturated carbocycles. The number of amides is 1. The Hall–Kier alpha value is -2.05. The number of alkyl halides is 3. The van der Waals surface area contributed by atoms with Crippen LogP contribution in [0.3, 0.4) is 0 Å². The fourth-order valence-corrected chi connectivity index (χ4v) is 1.79. The summed E-state index contributed by atoms with van der Waals surface area (Å²) >= 11 is 0. The lowest BCUT2D eigenvalue weighted by atomic mass is 10.1. The molecule has 20 heavy (non-hydrogen) atoms. The molecule has 0 saturated heterocycles. The first-order chi connectivity index (χ1) is 9.18. The molecule has 0 aromatic heterocycles. The van der Waals surface area contributed by atoms with E-state index in [1.54, 1.807) is 6.92 Å². The highest BCUT2D eigenvalue weighted by Gasteiger charge is 2.32. The zero-order valence-electron chi connectivity index (χ0n) is 10.9. The number of likely N-dealkylation sites (N-methyl/N-ethyl adjacent to an activating group) is 1. The van der Waals surface area contributed by atoms with E-state index in [0.717, 1.165) is 17.0 Å². The number of benzene rings is 1. The Morgan fingerprint density at radius 1 is 1.35 bits per heavy atom. The van der Waals surface area contributed by atoms with E-state index < -0.39 is 29.7 Å². The average Bonchev–Trinajstić information content (AvgIpc) is 2.37. The van der Waals surface area contributed by atoms with Crippen molar-refractivity contribution in [2.75, 3.05) is 7.05 Å². The normalized spacial score (nSPS) is 12.8. The summed E-state index contributed by atoms with van der Waals surface area (Å²) in [5, 5.41) is 8.95. The van der Waals surface area contributed by atoms with Gasteiger partial charge in [0.25, 0.3) is 5.91 Å². The van der Waals surface area contributed by atoms with E-state index in [1.165, 1.54) is 13.1 Å². The molecule has 0 spiro atoms. The van der Waals surface area contributed by atoms with Crippen LogP contribution < -0.4 is 0 Å². The van der Waals surface area contributed by atoms with Crippen LogP contribution >= 0.6 is 0 Å². The van der Waals surface area contributed by atoms with Gasteiger partial charge in [-0.25, -0.2) is 4.79 Å². The molecular formula is C13H14F3NO3. The highest BCUT2D eigenvalue weighted by atomic mass is 19.4. The molecule has 0 radical (unpaired) electrons. The van der Waals surface area contributed by atoms with Gasteiger partial charge in [0.05, 0.1) is 5.56 Å². The first kappa shape index (κ1) is 16.0. The van der Waals surface area contributed by atoms with Crippen molar-refractivity contribution in [2.24, 2.45) is 0 Å². The summed E-state index contributed by atoms with van der Waals surface area (Å²) < 4.78 is 37.7. The van der Waals surface area contributed by atoms with Crippen LogP contribution in [-0.2, 0) is 11.0 Å². The molecule has 0 aliphatic carbocycles. The van der Waals surface area contributed by atoms with Crippen molar-refractivity contribution in [3.63, 3.8) is 0 Å². The maximum atomic E-state index is 12.6. The molecule has 1 atom stereocenters. The summed E-state index contributed by atoms with van der Waals surface area (Å²) in [5.74, 6) is -1.96. The number of halogens is 3. The number of carboxylic acids is 1. The van der Waals surface area contributed by atoms with Gasteiger partial charge in [-0.2, -0.15) is 13.2 Å². The number of rotatable bonds is 4. The van der Waals surface area contributed by atoms with Crippen molar-refractivity contribution >= 4 is 11.9 Å². The molecule has 1 rings (SSSR count). The van der Waals surface area contributed by atoms with Crippen LogP contribution in [-0.4, -0.2) is 35.0 Å². The molecule has 0 bridgehead atoms. The van der Waals surface area contributed by atoms with E-state index in [-0.39, 0.29) is 12.0 Å². The third kappa shape index (κ3) is 3.49. The molecular weight excluding hydrogens is 275 g/mol. The summed E-state index contributed by atoms with van der Waals surface area (Å²) in [7, 11) is 1.25. The Morgan fingerprint density at radius 2 is 1.95 bits per heavy atom. The van der Waals surface area contributed by atoms with Crippen molar-refractivity contribution in [1.82, 2.24) is 4.90 Å². The van der Waals surface area contributed by atoms with Crippen molar-refractivity contribution < 1.29 is 27.9 Å². The number of carboxylic acid groups (broad SMARTS) is 1. The zero-order valence-corrected chi connectivity index (χ0v) is 10.9. The van der Waals surface area contributed by atoms with Crippen molar-refractivity contribution in [2.45, 2.75) is 25.6 Å². The quantitative estimate of drug-likeness (QED) is 0.927. The zero-order chi connectivity index (χ0) is 15.5. The third-order valence-electron chi connectivity index (χ3n) is 2.90. The highest BCUT2D eigenvalue weighted by Crippen LogP contribution is 2.29. The summed E-state index contributed by atoms with van der Waals surface area (Å²) in [6, 6.07) is 2.84. The van der Waals surface area contributed by atoms with Gasteiger partial charge in [-0.05, 0) is 24.6 Å². The molecule has 110 valence electrons. The van der Waals surface area contributed by atoms with E-state index in [0.29, 0.717) is 6.07 Å². The fraction of sp³-hybridized carbons (Fsp3) is 0.385.